The third kappa shape index (κ3) is 5.84. The molecule has 0 radical (unpaired) electrons. The van der Waals surface area contributed by atoms with Crippen LogP contribution < -0.4 is 0 Å². The smallest absolute Gasteiger partial charge is 0.465 e. The van der Waals surface area contributed by atoms with Crippen molar-refractivity contribution in [3.8, 4) is 0 Å². The number of rotatable bonds is 6. The molecule has 0 aromatic heterocycles. The largest absolute Gasteiger partial charge is 0.508 e. The molecule has 2 aromatic rings. The van der Waals surface area contributed by atoms with Crippen LogP contribution in [0.3, 0.4) is 0 Å². The van der Waals surface area contributed by atoms with E-state index in [-0.39, 0.29) is 23.7 Å². The average molecular weight is 455 g/mol. The fourth-order valence-corrected chi connectivity index (χ4v) is 3.33. The summed E-state index contributed by atoms with van der Waals surface area (Å²) in [4.78, 5) is 36.0. The van der Waals surface area contributed by atoms with Gasteiger partial charge in [-0.2, -0.15) is 0 Å². The number of hydrogen-bond acceptors (Lipinski definition) is 10. The van der Waals surface area contributed by atoms with E-state index in [4.69, 9.17) is 14.2 Å². The van der Waals surface area contributed by atoms with Gasteiger partial charge in [0, 0.05) is 20.2 Å². The van der Waals surface area contributed by atoms with E-state index >= 15 is 0 Å². The Morgan fingerprint density at radius 1 is 0.828 bits per heavy atom. The highest BCUT2D eigenvalue weighted by atomic mass is 32.1. The molecule has 0 spiro atoms. The Morgan fingerprint density at radius 3 is 2.00 bits per heavy atom. The van der Waals surface area contributed by atoms with Crippen molar-refractivity contribution in [2.24, 2.45) is 0 Å². The Kier molecular flexibility index (Phi) is 8.30. The first-order valence-corrected chi connectivity index (χ1v) is 9.44. The summed E-state index contributed by atoms with van der Waals surface area (Å²) in [5, 5.41) is 0. The predicted molar refractivity (Wildman–Crippen MR) is 112 cm³/mol. The quantitative estimate of drug-likeness (QED) is 0.346. The molecule has 29 heavy (non-hydrogen) atoms. The summed E-state index contributed by atoms with van der Waals surface area (Å²) in [6, 6.07) is 7.94. The van der Waals surface area contributed by atoms with Crippen LogP contribution in [0.5, 0.6) is 0 Å². The summed E-state index contributed by atoms with van der Waals surface area (Å²) in [5.74, 6) is -1.05. The van der Waals surface area contributed by atoms with Gasteiger partial charge in [-0.25, -0.2) is 14.4 Å². The van der Waals surface area contributed by atoms with Crippen molar-refractivity contribution in [1.29, 1.82) is 0 Å². The molecule has 0 unspecified atom stereocenters. The Balaban J connectivity index is 1.95. The molecule has 0 fully saturated rings. The Bertz CT molecular complexity index is 926. The molecule has 0 N–H and O–H groups in total. The molecule has 0 heterocycles. The summed E-state index contributed by atoms with van der Waals surface area (Å²) in [7, 11) is 2.54. The van der Waals surface area contributed by atoms with Gasteiger partial charge in [0.2, 0.25) is 0 Å². The van der Waals surface area contributed by atoms with Crippen LogP contribution >= 0.6 is 37.9 Å². The third-order valence-corrected chi connectivity index (χ3v) is 5.29. The molecule has 0 amide bonds. The van der Waals surface area contributed by atoms with Gasteiger partial charge in [-0.15, -0.1) is 37.9 Å². The van der Waals surface area contributed by atoms with E-state index in [9.17, 15) is 14.4 Å². The van der Waals surface area contributed by atoms with Crippen LogP contribution in [-0.2, 0) is 32.2 Å². The van der Waals surface area contributed by atoms with Gasteiger partial charge in [-0.3, -0.25) is 0 Å². The molecular formula is C19H18O7S3. The molecule has 10 heteroatoms. The molecule has 154 valence electrons. The Morgan fingerprint density at radius 2 is 1.41 bits per heavy atom. The lowest BCUT2D eigenvalue weighted by molar-refractivity contribution is 0.0437. The normalized spacial score (nSPS) is 10.2. The highest BCUT2D eigenvalue weighted by molar-refractivity contribution is 7.83. The average Bonchev–Trinajstić information content (AvgIpc) is 2.73. The van der Waals surface area contributed by atoms with E-state index < -0.39 is 18.1 Å². The number of benzene rings is 2. The van der Waals surface area contributed by atoms with Gasteiger partial charge in [0.25, 0.3) is 0 Å². The van der Waals surface area contributed by atoms with Crippen molar-refractivity contribution >= 4 is 56.0 Å². The molecular weight excluding hydrogens is 436 g/mol. The van der Waals surface area contributed by atoms with Crippen LogP contribution in [0, 0.1) is 0 Å². The minimum Gasteiger partial charge on any atom is -0.465 e. The monoisotopic (exact) mass is 454 g/mol. The zero-order valence-corrected chi connectivity index (χ0v) is 18.2. The molecule has 0 aliphatic heterocycles. The van der Waals surface area contributed by atoms with Crippen molar-refractivity contribution in [2.75, 3.05) is 14.2 Å². The third-order valence-electron chi connectivity index (χ3n) is 3.80. The van der Waals surface area contributed by atoms with Crippen LogP contribution in [0.15, 0.2) is 45.0 Å². The van der Waals surface area contributed by atoms with Gasteiger partial charge in [0.15, 0.2) is 0 Å². The Labute approximate surface area is 183 Å². The molecule has 0 saturated carbocycles. The van der Waals surface area contributed by atoms with Gasteiger partial charge >= 0.3 is 18.1 Å². The zero-order chi connectivity index (χ0) is 21.6. The number of thiol groups is 3. The van der Waals surface area contributed by atoms with Gasteiger partial charge in [-0.05, 0) is 23.8 Å². The standard InChI is InChI=1S/C19H18O7S3/c1-23-17(20)11-5-3-10(4-6-11)8-25-19(22)26-9-12-7-13(27)14(18(21)24-2)16(29)15(12)28/h3-7,27-29H,8-9H2,1-2H3. The van der Waals surface area contributed by atoms with Gasteiger partial charge in [-0.1, -0.05) is 12.1 Å². The number of carbonyl (C=O) groups is 3. The summed E-state index contributed by atoms with van der Waals surface area (Å²) in [6.45, 7) is -0.188. The van der Waals surface area contributed by atoms with Crippen LogP contribution in [0.25, 0.3) is 0 Å². The van der Waals surface area contributed by atoms with E-state index in [0.717, 1.165) is 0 Å². The minimum absolute atomic E-state index is 0.0368. The number of carbonyl (C=O) groups excluding carboxylic acids is 3. The molecule has 0 bridgehead atoms. The first-order valence-electron chi connectivity index (χ1n) is 8.10. The second-order valence-corrected chi connectivity index (χ2v) is 7.01. The fraction of sp³-hybridized carbons (Fsp3) is 0.211. The lowest BCUT2D eigenvalue weighted by Gasteiger charge is -2.14. The van der Waals surface area contributed by atoms with E-state index in [2.05, 4.69) is 42.6 Å². The van der Waals surface area contributed by atoms with E-state index in [0.29, 0.717) is 26.5 Å². The maximum absolute atomic E-state index is 11.9. The summed E-state index contributed by atoms with van der Waals surface area (Å²) in [5.41, 5.74) is 1.73. The number of methoxy groups -OCH3 is 2. The van der Waals surface area contributed by atoms with Crippen molar-refractivity contribution in [3.63, 3.8) is 0 Å². The highest BCUT2D eigenvalue weighted by Crippen LogP contribution is 2.32. The molecule has 7 nitrogen and oxygen atoms in total. The van der Waals surface area contributed by atoms with Gasteiger partial charge < -0.3 is 18.9 Å². The summed E-state index contributed by atoms with van der Waals surface area (Å²) in [6.07, 6.45) is -0.895. The topological polar surface area (TPSA) is 88.1 Å². The van der Waals surface area contributed by atoms with E-state index in [1.807, 2.05) is 0 Å². The van der Waals surface area contributed by atoms with Crippen LogP contribution in [0.2, 0.25) is 0 Å². The second kappa shape index (κ2) is 10.5. The molecule has 0 saturated heterocycles. The van der Waals surface area contributed by atoms with E-state index in [1.54, 1.807) is 24.3 Å². The summed E-state index contributed by atoms with van der Waals surface area (Å²) >= 11 is 12.8. The zero-order valence-electron chi connectivity index (χ0n) is 15.5. The SMILES string of the molecule is COC(=O)c1ccc(COC(=O)OCc2cc(S)c(C(=O)OC)c(S)c2S)cc1. The lowest BCUT2D eigenvalue weighted by atomic mass is 10.1. The highest BCUT2D eigenvalue weighted by Gasteiger charge is 2.19. The first-order chi connectivity index (χ1) is 13.8. The molecule has 0 aliphatic carbocycles. The Hall–Kier alpha value is -2.30. The van der Waals surface area contributed by atoms with Gasteiger partial charge in [0.05, 0.1) is 25.3 Å². The minimum atomic E-state index is -0.895. The van der Waals surface area contributed by atoms with Crippen molar-refractivity contribution in [3.05, 3.63) is 52.6 Å². The first kappa shape index (κ1) is 23.0. The maximum atomic E-state index is 11.9. The van der Waals surface area contributed by atoms with Crippen LogP contribution in [-0.4, -0.2) is 32.3 Å². The number of esters is 2. The molecule has 2 aromatic carbocycles. The van der Waals surface area contributed by atoms with Crippen molar-refractivity contribution in [1.82, 2.24) is 0 Å². The molecule has 2 rings (SSSR count). The molecule has 0 aliphatic rings. The predicted octanol–water partition coefficient (Wildman–Crippen LogP) is 3.98. The van der Waals surface area contributed by atoms with Crippen molar-refractivity contribution < 1.29 is 33.3 Å². The maximum Gasteiger partial charge on any atom is 0.508 e. The fourth-order valence-electron chi connectivity index (χ4n) is 2.29. The molecule has 0 atom stereocenters. The lowest BCUT2D eigenvalue weighted by Crippen LogP contribution is -2.10. The van der Waals surface area contributed by atoms with Crippen LogP contribution in [0.1, 0.15) is 31.8 Å². The number of hydrogen-bond donors (Lipinski definition) is 3. The summed E-state index contributed by atoms with van der Waals surface area (Å²) < 4.78 is 19.4. The number of ether oxygens (including phenoxy) is 4. The van der Waals surface area contributed by atoms with Crippen LogP contribution in [0.4, 0.5) is 4.79 Å². The van der Waals surface area contributed by atoms with Gasteiger partial charge in [0.1, 0.15) is 13.2 Å². The van der Waals surface area contributed by atoms with Crippen molar-refractivity contribution in [2.45, 2.75) is 27.9 Å². The second-order valence-electron chi connectivity index (χ2n) is 5.63. The van der Waals surface area contributed by atoms with E-state index in [1.165, 1.54) is 20.3 Å².